The first kappa shape index (κ1) is 17.4. The summed E-state index contributed by atoms with van der Waals surface area (Å²) in [4.78, 5) is 17.8. The van der Waals surface area contributed by atoms with Crippen LogP contribution in [0.15, 0.2) is 48.5 Å². The number of hydrogen-bond acceptors (Lipinski definition) is 2. The van der Waals surface area contributed by atoms with Gasteiger partial charge in [0.15, 0.2) is 0 Å². The van der Waals surface area contributed by atoms with Crippen molar-refractivity contribution >= 4 is 6.03 Å². The van der Waals surface area contributed by atoms with Crippen LogP contribution >= 0.6 is 0 Å². The molecule has 4 nitrogen and oxygen atoms in total. The maximum absolute atomic E-state index is 14.2. The van der Waals surface area contributed by atoms with Crippen LogP contribution in [0.4, 0.5) is 9.18 Å². The van der Waals surface area contributed by atoms with Gasteiger partial charge in [-0.25, -0.2) is 9.18 Å². The van der Waals surface area contributed by atoms with Gasteiger partial charge in [0, 0.05) is 52.4 Å². The van der Waals surface area contributed by atoms with Crippen molar-refractivity contribution in [1.82, 2.24) is 14.7 Å². The van der Waals surface area contributed by atoms with Crippen LogP contribution < -0.4 is 0 Å². The molecular weight excluding hydrogens is 317 g/mol. The van der Waals surface area contributed by atoms with Gasteiger partial charge in [-0.2, -0.15) is 0 Å². The average molecular weight is 341 g/mol. The molecule has 0 bridgehead atoms. The molecule has 2 aromatic rings. The number of amides is 2. The maximum Gasteiger partial charge on any atom is 0.319 e. The zero-order chi connectivity index (χ0) is 17.8. The Morgan fingerprint density at radius 2 is 1.56 bits per heavy atom. The van der Waals surface area contributed by atoms with Crippen molar-refractivity contribution < 1.29 is 9.18 Å². The van der Waals surface area contributed by atoms with Crippen LogP contribution in [0.3, 0.4) is 0 Å². The summed E-state index contributed by atoms with van der Waals surface area (Å²) in [5.74, 6) is -0.198. The van der Waals surface area contributed by atoms with Crippen molar-refractivity contribution in [1.29, 1.82) is 0 Å². The zero-order valence-electron chi connectivity index (χ0n) is 14.8. The van der Waals surface area contributed by atoms with E-state index in [0.717, 1.165) is 43.9 Å². The second-order valence-corrected chi connectivity index (χ2v) is 6.58. The van der Waals surface area contributed by atoms with E-state index in [2.05, 4.69) is 11.0 Å². The molecule has 0 radical (unpaired) electrons. The van der Waals surface area contributed by atoms with E-state index in [9.17, 15) is 9.18 Å². The molecule has 0 aliphatic carbocycles. The zero-order valence-corrected chi connectivity index (χ0v) is 14.8. The van der Waals surface area contributed by atoms with E-state index < -0.39 is 0 Å². The molecule has 0 saturated carbocycles. The molecule has 2 aromatic carbocycles. The second-order valence-electron chi connectivity index (χ2n) is 6.58. The lowest BCUT2D eigenvalue weighted by molar-refractivity contribution is 0.120. The largest absolute Gasteiger partial charge is 0.331 e. The van der Waals surface area contributed by atoms with Crippen LogP contribution in [0.25, 0.3) is 11.1 Å². The lowest BCUT2D eigenvalue weighted by atomic mass is 9.98. The molecule has 1 saturated heterocycles. The van der Waals surface area contributed by atoms with E-state index in [-0.39, 0.29) is 11.8 Å². The third-order valence-corrected chi connectivity index (χ3v) is 4.60. The van der Waals surface area contributed by atoms with E-state index in [1.54, 1.807) is 25.1 Å². The molecule has 1 aliphatic rings. The molecule has 0 atom stereocenters. The summed E-state index contributed by atoms with van der Waals surface area (Å²) in [6.45, 7) is 3.85. The molecule has 0 unspecified atom stereocenters. The number of urea groups is 1. The Balaban J connectivity index is 1.71. The Kier molecular flexibility index (Phi) is 5.34. The van der Waals surface area contributed by atoms with Crippen molar-refractivity contribution in [3.63, 3.8) is 0 Å². The molecule has 0 N–H and O–H groups in total. The molecule has 5 heteroatoms. The monoisotopic (exact) mass is 341 g/mol. The van der Waals surface area contributed by atoms with Crippen LogP contribution in [0.1, 0.15) is 5.56 Å². The molecule has 0 spiro atoms. The molecule has 1 aliphatic heterocycles. The van der Waals surface area contributed by atoms with Gasteiger partial charge in [0.2, 0.25) is 0 Å². The fraction of sp³-hybridized carbons (Fsp3) is 0.350. The number of carbonyl (C=O) groups excluding carboxylic acids is 1. The topological polar surface area (TPSA) is 26.8 Å². The van der Waals surface area contributed by atoms with E-state index >= 15 is 0 Å². The van der Waals surface area contributed by atoms with Gasteiger partial charge in [-0.1, -0.05) is 42.5 Å². The van der Waals surface area contributed by atoms with E-state index in [0.29, 0.717) is 5.56 Å². The number of rotatable bonds is 3. The van der Waals surface area contributed by atoms with Gasteiger partial charge in [0.25, 0.3) is 0 Å². The normalized spacial score (nSPS) is 15.2. The first-order valence-electron chi connectivity index (χ1n) is 8.57. The van der Waals surface area contributed by atoms with Gasteiger partial charge in [0.1, 0.15) is 5.82 Å². The predicted octanol–water partition coefficient (Wildman–Crippen LogP) is 3.29. The first-order valence-corrected chi connectivity index (χ1v) is 8.57. The minimum Gasteiger partial charge on any atom is -0.331 e. The molecule has 25 heavy (non-hydrogen) atoms. The first-order chi connectivity index (χ1) is 12.1. The Morgan fingerprint density at radius 3 is 2.20 bits per heavy atom. The van der Waals surface area contributed by atoms with Crippen LogP contribution in [0.2, 0.25) is 0 Å². The summed E-state index contributed by atoms with van der Waals surface area (Å²) in [5, 5.41) is 0. The third-order valence-electron chi connectivity index (χ3n) is 4.60. The lowest BCUT2D eigenvalue weighted by Gasteiger charge is -2.36. The number of piperazine rings is 1. The maximum atomic E-state index is 14.2. The standard InChI is InChI=1S/C20H24FN3O/c1-22(2)20(25)24-13-11-23(12-14-24)15-16-7-3-4-8-17(16)18-9-5-6-10-19(18)21/h3-10H,11-15H2,1-2H3. The summed E-state index contributed by atoms with van der Waals surface area (Å²) in [7, 11) is 3.55. The fourth-order valence-corrected chi connectivity index (χ4v) is 3.22. The molecular formula is C20H24FN3O. The molecule has 132 valence electrons. The summed E-state index contributed by atoms with van der Waals surface area (Å²) >= 11 is 0. The predicted molar refractivity (Wildman–Crippen MR) is 97.8 cm³/mol. The fourth-order valence-electron chi connectivity index (χ4n) is 3.22. The van der Waals surface area contributed by atoms with Crippen molar-refractivity contribution in [2.24, 2.45) is 0 Å². The summed E-state index contributed by atoms with van der Waals surface area (Å²) in [5.41, 5.74) is 2.69. The quantitative estimate of drug-likeness (QED) is 0.856. The van der Waals surface area contributed by atoms with Gasteiger partial charge in [-0.3, -0.25) is 4.90 Å². The Labute approximate surface area is 148 Å². The lowest BCUT2D eigenvalue weighted by Crippen LogP contribution is -2.51. The molecule has 2 amide bonds. The average Bonchev–Trinajstić information content (AvgIpc) is 2.63. The van der Waals surface area contributed by atoms with Crippen molar-refractivity contribution in [3.05, 3.63) is 59.9 Å². The summed E-state index contributed by atoms with van der Waals surface area (Å²) < 4.78 is 14.2. The number of carbonyl (C=O) groups is 1. The molecule has 1 heterocycles. The SMILES string of the molecule is CN(C)C(=O)N1CCN(Cc2ccccc2-c2ccccc2F)CC1. The highest BCUT2D eigenvalue weighted by Gasteiger charge is 2.22. The van der Waals surface area contributed by atoms with Crippen molar-refractivity contribution in [3.8, 4) is 11.1 Å². The number of nitrogens with zero attached hydrogens (tertiary/aromatic N) is 3. The van der Waals surface area contributed by atoms with Gasteiger partial charge in [0.05, 0.1) is 0 Å². The minimum absolute atomic E-state index is 0.0615. The highest BCUT2D eigenvalue weighted by atomic mass is 19.1. The molecule has 1 fully saturated rings. The Morgan fingerprint density at radius 1 is 0.960 bits per heavy atom. The molecule has 0 aromatic heterocycles. The van der Waals surface area contributed by atoms with Gasteiger partial charge < -0.3 is 9.80 Å². The van der Waals surface area contributed by atoms with E-state index in [4.69, 9.17) is 0 Å². The summed E-state index contributed by atoms with van der Waals surface area (Å²) in [6.07, 6.45) is 0. The second kappa shape index (κ2) is 7.66. The van der Waals surface area contributed by atoms with E-state index in [1.165, 1.54) is 6.07 Å². The smallest absolute Gasteiger partial charge is 0.319 e. The Bertz CT molecular complexity index is 739. The Hall–Kier alpha value is -2.40. The summed E-state index contributed by atoms with van der Waals surface area (Å²) in [6, 6.07) is 14.9. The number of hydrogen-bond donors (Lipinski definition) is 0. The number of halogens is 1. The minimum atomic E-state index is -0.198. The van der Waals surface area contributed by atoms with Gasteiger partial charge >= 0.3 is 6.03 Å². The van der Waals surface area contributed by atoms with Crippen molar-refractivity contribution in [2.75, 3.05) is 40.3 Å². The van der Waals surface area contributed by atoms with Crippen molar-refractivity contribution in [2.45, 2.75) is 6.54 Å². The van der Waals surface area contributed by atoms with E-state index in [1.807, 2.05) is 35.2 Å². The van der Waals surface area contributed by atoms with Crippen LogP contribution in [0.5, 0.6) is 0 Å². The van der Waals surface area contributed by atoms with Gasteiger partial charge in [-0.15, -0.1) is 0 Å². The highest BCUT2D eigenvalue weighted by Crippen LogP contribution is 2.27. The third kappa shape index (κ3) is 3.99. The van der Waals surface area contributed by atoms with Gasteiger partial charge in [-0.05, 0) is 17.2 Å². The number of benzene rings is 2. The highest BCUT2D eigenvalue weighted by molar-refractivity contribution is 5.74. The van der Waals surface area contributed by atoms with Crippen LogP contribution in [-0.4, -0.2) is 61.0 Å². The molecule has 3 rings (SSSR count). The van der Waals surface area contributed by atoms with Crippen LogP contribution in [0, 0.1) is 5.82 Å². The van der Waals surface area contributed by atoms with Crippen LogP contribution in [-0.2, 0) is 6.54 Å².